The van der Waals surface area contributed by atoms with Gasteiger partial charge in [0.05, 0.1) is 12.3 Å². The van der Waals surface area contributed by atoms with Gasteiger partial charge >= 0.3 is 5.97 Å². The number of hydrogen-bond acceptors (Lipinski definition) is 6. The van der Waals surface area contributed by atoms with Crippen LogP contribution in [0.25, 0.3) is 0 Å². The number of halogens is 1. The molecule has 7 nitrogen and oxygen atoms in total. The second-order valence-electron chi connectivity index (χ2n) is 3.92. The quantitative estimate of drug-likeness (QED) is 0.442. The Hall–Kier alpha value is -1.12. The van der Waals surface area contributed by atoms with Gasteiger partial charge in [-0.3, -0.25) is 5.10 Å². The van der Waals surface area contributed by atoms with E-state index in [-0.39, 0.29) is 29.5 Å². The van der Waals surface area contributed by atoms with E-state index in [0.717, 1.165) is 6.42 Å². The number of nitrogens with one attached hydrogen (secondary N) is 1. The van der Waals surface area contributed by atoms with Gasteiger partial charge < -0.3 is 9.47 Å². The standard InChI is InChI=1S/C11H17ClN2O5S/c1-3-5-18-6-7-19-11(15)9-10(20(12,16)17)8(4-2)13-14-9/h3-7H2,1-2H3,(H,13,14). The van der Waals surface area contributed by atoms with Gasteiger partial charge in [-0.05, 0) is 12.8 Å². The summed E-state index contributed by atoms with van der Waals surface area (Å²) in [6, 6.07) is 0. The fourth-order valence-electron chi connectivity index (χ4n) is 1.52. The number of H-pyrrole nitrogens is 1. The second kappa shape index (κ2) is 7.61. The van der Waals surface area contributed by atoms with E-state index in [2.05, 4.69) is 10.2 Å². The molecule has 0 fully saturated rings. The summed E-state index contributed by atoms with van der Waals surface area (Å²) in [5, 5.41) is 6.14. The molecule has 0 radical (unpaired) electrons. The minimum atomic E-state index is -4.07. The molecule has 1 aromatic heterocycles. The number of nitrogens with zero attached hydrogens (tertiary/aromatic N) is 1. The van der Waals surface area contributed by atoms with Crippen LogP contribution in [0, 0.1) is 0 Å². The lowest BCUT2D eigenvalue weighted by Gasteiger charge is -2.04. The summed E-state index contributed by atoms with van der Waals surface area (Å²) in [6.45, 7) is 4.51. The third-order valence-electron chi connectivity index (χ3n) is 2.39. The van der Waals surface area contributed by atoms with Crippen molar-refractivity contribution in [3.63, 3.8) is 0 Å². The van der Waals surface area contributed by atoms with Crippen molar-refractivity contribution in [2.45, 2.75) is 31.6 Å². The van der Waals surface area contributed by atoms with Gasteiger partial charge in [-0.2, -0.15) is 5.10 Å². The fraction of sp³-hybridized carbons (Fsp3) is 0.636. The van der Waals surface area contributed by atoms with E-state index in [0.29, 0.717) is 13.0 Å². The van der Waals surface area contributed by atoms with Crippen molar-refractivity contribution in [1.82, 2.24) is 10.2 Å². The molecule has 1 heterocycles. The number of aryl methyl sites for hydroxylation is 1. The number of carbonyl (C=O) groups is 1. The molecule has 1 N–H and O–H groups in total. The zero-order chi connectivity index (χ0) is 15.2. The predicted molar refractivity (Wildman–Crippen MR) is 72.4 cm³/mol. The van der Waals surface area contributed by atoms with Crippen LogP contribution in [0.5, 0.6) is 0 Å². The van der Waals surface area contributed by atoms with Gasteiger partial charge in [-0.25, -0.2) is 13.2 Å². The Morgan fingerprint density at radius 2 is 2.00 bits per heavy atom. The highest BCUT2D eigenvalue weighted by Crippen LogP contribution is 2.23. The van der Waals surface area contributed by atoms with Gasteiger partial charge in [0, 0.05) is 17.3 Å². The van der Waals surface area contributed by atoms with Crippen molar-refractivity contribution in [1.29, 1.82) is 0 Å². The first-order chi connectivity index (χ1) is 9.41. The Balaban J connectivity index is 2.76. The van der Waals surface area contributed by atoms with Gasteiger partial charge in [-0.15, -0.1) is 0 Å². The van der Waals surface area contributed by atoms with Gasteiger partial charge in [0.15, 0.2) is 5.69 Å². The number of carbonyl (C=O) groups excluding carboxylic acids is 1. The third kappa shape index (κ3) is 4.46. The minimum Gasteiger partial charge on any atom is -0.458 e. The second-order valence-corrected chi connectivity index (χ2v) is 6.42. The molecule has 0 aliphatic carbocycles. The first-order valence-corrected chi connectivity index (χ1v) is 8.49. The topological polar surface area (TPSA) is 98.3 Å². The van der Waals surface area contributed by atoms with Crippen LogP contribution in [0.4, 0.5) is 0 Å². The van der Waals surface area contributed by atoms with E-state index >= 15 is 0 Å². The van der Waals surface area contributed by atoms with Crippen molar-refractivity contribution in [3.05, 3.63) is 11.4 Å². The number of aromatic amines is 1. The molecule has 0 saturated heterocycles. The van der Waals surface area contributed by atoms with Crippen LogP contribution in [-0.4, -0.2) is 44.4 Å². The summed E-state index contributed by atoms with van der Waals surface area (Å²) in [4.78, 5) is 11.5. The zero-order valence-electron chi connectivity index (χ0n) is 11.3. The van der Waals surface area contributed by atoms with Gasteiger partial charge in [-0.1, -0.05) is 13.8 Å². The Kier molecular flexibility index (Phi) is 6.44. The molecule has 0 amide bonds. The molecule has 0 saturated carbocycles. The molecule has 0 aliphatic heterocycles. The lowest BCUT2D eigenvalue weighted by Crippen LogP contribution is -2.14. The summed E-state index contributed by atoms with van der Waals surface area (Å²) in [6.07, 6.45) is 1.21. The molecular formula is C11H17ClN2O5S. The van der Waals surface area contributed by atoms with Gasteiger partial charge in [0.2, 0.25) is 0 Å². The highest BCUT2D eigenvalue weighted by Gasteiger charge is 2.28. The third-order valence-corrected chi connectivity index (χ3v) is 3.78. The molecule has 0 atom stereocenters. The Morgan fingerprint density at radius 1 is 1.30 bits per heavy atom. The average molecular weight is 325 g/mol. The summed E-state index contributed by atoms with van der Waals surface area (Å²) in [7, 11) is 1.24. The largest absolute Gasteiger partial charge is 0.458 e. The lowest BCUT2D eigenvalue weighted by atomic mass is 10.3. The van der Waals surface area contributed by atoms with Crippen molar-refractivity contribution in [2.75, 3.05) is 19.8 Å². The van der Waals surface area contributed by atoms with E-state index in [1.165, 1.54) is 0 Å². The van der Waals surface area contributed by atoms with Crippen LogP contribution in [0.15, 0.2) is 4.90 Å². The smallest absolute Gasteiger partial charge is 0.360 e. The molecule has 0 aliphatic rings. The molecule has 9 heteroatoms. The maximum atomic E-state index is 11.8. The molecular weight excluding hydrogens is 308 g/mol. The van der Waals surface area contributed by atoms with Crippen LogP contribution < -0.4 is 0 Å². The zero-order valence-corrected chi connectivity index (χ0v) is 12.9. The average Bonchev–Trinajstić information content (AvgIpc) is 2.82. The van der Waals surface area contributed by atoms with Crippen molar-refractivity contribution in [3.8, 4) is 0 Å². The van der Waals surface area contributed by atoms with Crippen molar-refractivity contribution >= 4 is 25.7 Å². The van der Waals surface area contributed by atoms with Crippen molar-refractivity contribution < 1.29 is 22.7 Å². The molecule has 0 unspecified atom stereocenters. The number of ether oxygens (including phenoxy) is 2. The van der Waals surface area contributed by atoms with Crippen LogP contribution in [0.3, 0.4) is 0 Å². The first kappa shape index (κ1) is 16.9. The van der Waals surface area contributed by atoms with Gasteiger partial charge in [0.25, 0.3) is 9.05 Å². The highest BCUT2D eigenvalue weighted by atomic mass is 35.7. The molecule has 20 heavy (non-hydrogen) atoms. The summed E-state index contributed by atoms with van der Waals surface area (Å²) in [5.74, 6) is -0.847. The number of hydrogen-bond donors (Lipinski definition) is 1. The summed E-state index contributed by atoms with van der Waals surface area (Å²) >= 11 is 0. The van der Waals surface area contributed by atoms with Gasteiger partial charge in [0.1, 0.15) is 11.5 Å². The normalized spacial score (nSPS) is 11.6. The Morgan fingerprint density at radius 3 is 2.55 bits per heavy atom. The maximum absolute atomic E-state index is 11.8. The van der Waals surface area contributed by atoms with E-state index in [9.17, 15) is 13.2 Å². The first-order valence-electron chi connectivity index (χ1n) is 6.18. The number of rotatable bonds is 8. The SMILES string of the molecule is CCCOCCOC(=O)c1n[nH]c(CC)c1S(=O)(=O)Cl. The van der Waals surface area contributed by atoms with Crippen molar-refractivity contribution in [2.24, 2.45) is 0 Å². The molecule has 114 valence electrons. The summed E-state index contributed by atoms with van der Waals surface area (Å²) < 4.78 is 33.0. The molecule has 0 bridgehead atoms. The van der Waals surface area contributed by atoms with Crippen LogP contribution in [0.1, 0.15) is 36.5 Å². The highest BCUT2D eigenvalue weighted by molar-refractivity contribution is 8.13. The van der Waals surface area contributed by atoms with Crippen LogP contribution in [0.2, 0.25) is 0 Å². The van der Waals surface area contributed by atoms with E-state index in [1.54, 1.807) is 6.92 Å². The monoisotopic (exact) mass is 324 g/mol. The molecule has 1 aromatic rings. The fourth-order valence-corrected chi connectivity index (χ4v) is 2.86. The Bertz CT molecular complexity index is 555. The maximum Gasteiger partial charge on any atom is 0.360 e. The van der Waals surface area contributed by atoms with E-state index in [1.807, 2.05) is 6.92 Å². The lowest BCUT2D eigenvalue weighted by molar-refractivity contribution is 0.0309. The number of esters is 1. The Labute approximate surface area is 122 Å². The van der Waals surface area contributed by atoms with Crippen LogP contribution >= 0.6 is 10.7 Å². The van der Waals surface area contributed by atoms with E-state index in [4.69, 9.17) is 20.2 Å². The van der Waals surface area contributed by atoms with E-state index < -0.39 is 15.0 Å². The predicted octanol–water partition coefficient (Wildman–Crippen LogP) is 1.48. The summed E-state index contributed by atoms with van der Waals surface area (Å²) in [5.41, 5.74) is -0.0541. The molecule has 1 rings (SSSR count). The van der Waals surface area contributed by atoms with Crippen LogP contribution in [-0.2, 0) is 24.9 Å². The molecule has 0 spiro atoms. The minimum absolute atomic E-state index is 0.0227. The molecule has 0 aromatic carbocycles. The number of aromatic nitrogens is 2.